The third kappa shape index (κ3) is 9.63. The van der Waals surface area contributed by atoms with Crippen LogP contribution in [-0.4, -0.2) is 44.5 Å². The minimum atomic E-state index is 0.402. The number of aldehydes is 1. The molecule has 0 radical (unpaired) electrons. The van der Waals surface area contributed by atoms with Crippen molar-refractivity contribution in [2.75, 3.05) is 27.2 Å². The SMILES string of the molecule is C=C/C(=C/N(C)CC=O)NC.CCOC1CC1. The van der Waals surface area contributed by atoms with Crippen molar-refractivity contribution in [2.45, 2.75) is 25.9 Å². The predicted molar refractivity (Wildman–Crippen MR) is 70.7 cm³/mol. The zero-order chi connectivity index (χ0) is 13.1. The molecule has 1 N–H and O–H groups in total. The summed E-state index contributed by atoms with van der Waals surface area (Å²) in [5.41, 5.74) is 0.898. The van der Waals surface area contributed by atoms with E-state index in [4.69, 9.17) is 4.74 Å². The van der Waals surface area contributed by atoms with E-state index in [0.717, 1.165) is 18.6 Å². The molecule has 1 rings (SSSR count). The zero-order valence-electron chi connectivity index (χ0n) is 11.1. The van der Waals surface area contributed by atoms with E-state index >= 15 is 0 Å². The first kappa shape index (κ1) is 15.7. The fourth-order valence-electron chi connectivity index (χ4n) is 1.10. The Morgan fingerprint density at radius 2 is 2.24 bits per heavy atom. The van der Waals surface area contributed by atoms with Crippen LogP contribution in [-0.2, 0) is 9.53 Å². The zero-order valence-corrected chi connectivity index (χ0v) is 11.1. The topological polar surface area (TPSA) is 41.6 Å². The number of likely N-dealkylation sites (N-methyl/N-ethyl adjacent to an activating group) is 2. The van der Waals surface area contributed by atoms with Gasteiger partial charge in [-0.15, -0.1) is 0 Å². The molecule has 4 nitrogen and oxygen atoms in total. The quantitative estimate of drug-likeness (QED) is 0.541. The smallest absolute Gasteiger partial charge is 0.139 e. The standard InChI is InChI=1S/C8H14N2O.C5H10O/c1-4-8(9-2)7-10(3)5-6-11;1-2-6-5-3-4-5/h4,6-7,9H,1,5H2,2-3H3;5H,2-4H2,1H3/b8-7-;. The summed E-state index contributed by atoms with van der Waals surface area (Å²) in [6, 6.07) is 0. The van der Waals surface area contributed by atoms with Crippen molar-refractivity contribution in [1.82, 2.24) is 10.2 Å². The molecule has 0 bridgehead atoms. The van der Waals surface area contributed by atoms with E-state index in [1.807, 2.05) is 27.2 Å². The highest BCUT2D eigenvalue weighted by molar-refractivity contribution is 5.52. The lowest BCUT2D eigenvalue weighted by molar-refractivity contribution is -0.108. The Kier molecular flexibility index (Phi) is 9.15. The maximum absolute atomic E-state index is 10.1. The van der Waals surface area contributed by atoms with Crippen molar-refractivity contribution in [2.24, 2.45) is 0 Å². The van der Waals surface area contributed by atoms with E-state index in [1.165, 1.54) is 12.8 Å². The van der Waals surface area contributed by atoms with E-state index in [1.54, 1.807) is 11.0 Å². The molecule has 0 atom stereocenters. The van der Waals surface area contributed by atoms with Crippen LogP contribution in [0.2, 0.25) is 0 Å². The lowest BCUT2D eigenvalue weighted by Crippen LogP contribution is -2.16. The monoisotopic (exact) mass is 240 g/mol. The third-order valence-corrected chi connectivity index (χ3v) is 2.16. The van der Waals surface area contributed by atoms with Crippen LogP contribution in [0.5, 0.6) is 0 Å². The molecule has 0 aliphatic heterocycles. The van der Waals surface area contributed by atoms with Gasteiger partial charge in [0.05, 0.1) is 12.6 Å². The molecule has 1 fully saturated rings. The molecule has 0 aromatic heterocycles. The number of hydrogen-bond acceptors (Lipinski definition) is 4. The average molecular weight is 240 g/mol. The van der Waals surface area contributed by atoms with Crippen LogP contribution in [0.4, 0.5) is 0 Å². The summed E-state index contributed by atoms with van der Waals surface area (Å²) in [6.07, 6.45) is 7.62. The highest BCUT2D eigenvalue weighted by atomic mass is 16.5. The predicted octanol–water partition coefficient (Wildman–Crippen LogP) is 1.55. The van der Waals surface area contributed by atoms with E-state index in [2.05, 4.69) is 11.9 Å². The van der Waals surface area contributed by atoms with Gasteiger partial charge in [-0.1, -0.05) is 6.58 Å². The van der Waals surface area contributed by atoms with E-state index in [9.17, 15) is 4.79 Å². The molecule has 98 valence electrons. The van der Waals surface area contributed by atoms with Crippen LogP contribution < -0.4 is 5.32 Å². The second-order valence-electron chi connectivity index (χ2n) is 3.80. The maximum atomic E-state index is 10.1. The molecule has 1 aliphatic rings. The van der Waals surface area contributed by atoms with Crippen molar-refractivity contribution >= 4 is 6.29 Å². The highest BCUT2D eigenvalue weighted by Crippen LogP contribution is 2.22. The molecule has 0 aromatic carbocycles. The Labute approximate surface area is 104 Å². The lowest BCUT2D eigenvalue weighted by atomic mass is 10.4. The third-order valence-electron chi connectivity index (χ3n) is 2.16. The molecular weight excluding hydrogens is 216 g/mol. The van der Waals surface area contributed by atoms with Crippen LogP contribution in [0.15, 0.2) is 24.6 Å². The molecule has 4 heteroatoms. The van der Waals surface area contributed by atoms with Crippen molar-refractivity contribution in [1.29, 1.82) is 0 Å². The Morgan fingerprint density at radius 3 is 2.53 bits per heavy atom. The molecule has 17 heavy (non-hydrogen) atoms. The van der Waals surface area contributed by atoms with Gasteiger partial charge in [-0.05, 0) is 25.8 Å². The van der Waals surface area contributed by atoms with Crippen LogP contribution in [0, 0.1) is 0 Å². The molecule has 1 saturated carbocycles. The Bertz CT molecular complexity index is 248. The molecule has 0 unspecified atom stereocenters. The molecule has 0 aromatic rings. The van der Waals surface area contributed by atoms with Gasteiger partial charge in [-0.3, -0.25) is 0 Å². The molecule has 1 aliphatic carbocycles. The summed E-state index contributed by atoms with van der Waals surface area (Å²) in [5, 5.41) is 2.93. The number of rotatable bonds is 7. The van der Waals surface area contributed by atoms with Crippen molar-refractivity contribution in [3.63, 3.8) is 0 Å². The summed E-state index contributed by atoms with van der Waals surface area (Å²) < 4.78 is 5.15. The van der Waals surface area contributed by atoms with Crippen molar-refractivity contribution in [3.05, 3.63) is 24.6 Å². The van der Waals surface area contributed by atoms with E-state index < -0.39 is 0 Å². The van der Waals surface area contributed by atoms with Crippen molar-refractivity contribution in [3.8, 4) is 0 Å². The normalized spacial score (nSPS) is 14.4. The van der Waals surface area contributed by atoms with Crippen LogP contribution in [0.3, 0.4) is 0 Å². The lowest BCUT2D eigenvalue weighted by Gasteiger charge is -2.11. The summed E-state index contributed by atoms with van der Waals surface area (Å²) in [6.45, 7) is 6.93. The van der Waals surface area contributed by atoms with Crippen LogP contribution in [0.1, 0.15) is 19.8 Å². The first-order valence-corrected chi connectivity index (χ1v) is 5.95. The average Bonchev–Trinajstić information content (AvgIpc) is 3.11. The Morgan fingerprint density at radius 1 is 1.59 bits per heavy atom. The number of hydrogen-bond donors (Lipinski definition) is 1. The van der Waals surface area contributed by atoms with Gasteiger partial charge >= 0.3 is 0 Å². The first-order chi connectivity index (χ1) is 8.17. The second-order valence-corrected chi connectivity index (χ2v) is 3.80. The Balaban J connectivity index is 0.000000354. The van der Waals surface area contributed by atoms with Gasteiger partial charge in [0, 0.05) is 32.6 Å². The minimum Gasteiger partial charge on any atom is -0.387 e. The molecule has 0 heterocycles. The molecular formula is C13H24N2O2. The number of allylic oxidation sites excluding steroid dienone is 1. The van der Waals surface area contributed by atoms with Gasteiger partial charge in [0.1, 0.15) is 6.29 Å². The summed E-state index contributed by atoms with van der Waals surface area (Å²) >= 11 is 0. The van der Waals surface area contributed by atoms with Crippen LogP contribution in [0.25, 0.3) is 0 Å². The fraction of sp³-hybridized carbons (Fsp3) is 0.615. The second kappa shape index (κ2) is 9.90. The molecule has 0 saturated heterocycles. The number of carbonyl (C=O) groups is 1. The van der Waals surface area contributed by atoms with E-state index in [-0.39, 0.29) is 0 Å². The van der Waals surface area contributed by atoms with Gasteiger partial charge in [0.2, 0.25) is 0 Å². The van der Waals surface area contributed by atoms with Gasteiger partial charge in [0.25, 0.3) is 0 Å². The van der Waals surface area contributed by atoms with Crippen LogP contribution >= 0.6 is 0 Å². The van der Waals surface area contributed by atoms with Gasteiger partial charge < -0.3 is 19.7 Å². The number of nitrogens with one attached hydrogen (secondary N) is 1. The summed E-state index contributed by atoms with van der Waals surface area (Å²) in [4.78, 5) is 11.8. The van der Waals surface area contributed by atoms with Gasteiger partial charge in [-0.25, -0.2) is 0 Å². The number of ether oxygens (including phenoxy) is 1. The molecule has 0 amide bonds. The largest absolute Gasteiger partial charge is 0.387 e. The van der Waals surface area contributed by atoms with Crippen molar-refractivity contribution < 1.29 is 9.53 Å². The van der Waals surface area contributed by atoms with E-state index in [0.29, 0.717) is 12.6 Å². The van der Waals surface area contributed by atoms with Gasteiger partial charge in [-0.2, -0.15) is 0 Å². The molecule has 0 spiro atoms. The summed E-state index contributed by atoms with van der Waals surface area (Å²) in [7, 11) is 3.64. The summed E-state index contributed by atoms with van der Waals surface area (Å²) in [5.74, 6) is 0. The minimum absolute atomic E-state index is 0.402. The fourth-order valence-corrected chi connectivity index (χ4v) is 1.10. The maximum Gasteiger partial charge on any atom is 0.139 e. The first-order valence-electron chi connectivity index (χ1n) is 5.95. The number of carbonyl (C=O) groups excluding carboxylic acids is 1. The van der Waals surface area contributed by atoms with Gasteiger partial charge in [0.15, 0.2) is 0 Å². The highest BCUT2D eigenvalue weighted by Gasteiger charge is 2.20. The Hall–Kier alpha value is -1.29. The number of nitrogens with zero attached hydrogens (tertiary/aromatic N) is 1.